The minimum absolute atomic E-state index is 0. The van der Waals surface area contributed by atoms with Crippen LogP contribution in [0.2, 0.25) is 0 Å². The third-order valence-corrected chi connectivity index (χ3v) is 5.92. The van der Waals surface area contributed by atoms with Crippen molar-refractivity contribution >= 4 is 43.6 Å². The molecule has 0 aliphatic rings. The summed E-state index contributed by atoms with van der Waals surface area (Å²) < 4.78 is 0. The molecule has 0 saturated heterocycles. The van der Waals surface area contributed by atoms with Crippen molar-refractivity contribution in [2.45, 2.75) is 0 Å². The van der Waals surface area contributed by atoms with Crippen molar-refractivity contribution in [2.24, 2.45) is 0 Å². The topological polar surface area (TPSA) is 0 Å². The Labute approximate surface area is 154 Å². The van der Waals surface area contributed by atoms with E-state index in [1.807, 2.05) is 0 Å². The Bertz CT molecular complexity index is 536. The predicted octanol–water partition coefficient (Wildman–Crippen LogP) is 3.29. The van der Waals surface area contributed by atoms with Gasteiger partial charge in [-0.05, 0) is 36.4 Å². The van der Waals surface area contributed by atoms with E-state index < -0.39 is 7.92 Å². The zero-order valence-electron chi connectivity index (χ0n) is 12.4. The molecule has 0 aromatic heterocycles. The molecule has 2 atom stereocenters. The second kappa shape index (κ2) is 11.2. The molecule has 0 saturated carbocycles. The first-order valence-corrected chi connectivity index (χ1v) is 7.98. The van der Waals surface area contributed by atoms with Gasteiger partial charge in [0.05, 0.1) is 7.92 Å². The van der Waals surface area contributed by atoms with E-state index >= 15 is 0 Å². The van der Waals surface area contributed by atoms with E-state index in [9.17, 15) is 0 Å². The molecule has 22 heavy (non-hydrogen) atoms. The largest absolute Gasteiger partial charge is 0.153 e. The molecule has 4 heteroatoms. The van der Waals surface area contributed by atoms with E-state index in [2.05, 4.69) is 91.0 Å². The van der Waals surface area contributed by atoms with Crippen molar-refractivity contribution in [2.75, 3.05) is 0 Å². The molecule has 0 amide bonds. The summed E-state index contributed by atoms with van der Waals surface area (Å²) in [5, 5.41) is 4.31. The van der Waals surface area contributed by atoms with Crippen molar-refractivity contribution in [1.82, 2.24) is 0 Å². The summed E-state index contributed by atoms with van der Waals surface area (Å²) in [4.78, 5) is 0. The Morgan fingerprint density at radius 3 is 0.864 bits per heavy atom. The smallest absolute Gasteiger partial charge is 0.102 e. The molecule has 0 heterocycles. The molecule has 118 valence electrons. The molecule has 0 bridgehead atoms. The fourth-order valence-corrected chi connectivity index (χ4v) is 4.89. The zero-order chi connectivity index (χ0) is 12.9. The quantitative estimate of drug-likeness (QED) is 0.436. The van der Waals surface area contributed by atoms with Gasteiger partial charge in [0.25, 0.3) is 0 Å². The molecule has 0 fully saturated rings. The number of hydrogen-bond donors (Lipinski definition) is 0. The molecular formula is C18H22P3Pd+. The van der Waals surface area contributed by atoms with Crippen LogP contribution in [0, 0.1) is 0 Å². The van der Waals surface area contributed by atoms with Crippen molar-refractivity contribution in [1.29, 1.82) is 0 Å². The molecule has 2 unspecified atom stereocenters. The summed E-state index contributed by atoms with van der Waals surface area (Å²) in [5.74, 6) is 0. The van der Waals surface area contributed by atoms with Crippen molar-refractivity contribution in [3.63, 3.8) is 0 Å². The van der Waals surface area contributed by atoms with Gasteiger partial charge in [-0.2, -0.15) is 19.8 Å². The Balaban J connectivity index is 0.00000147. The SMILES string of the molecule is P.P.[Pd].c1ccc([PH+](c2ccccc2)c2ccccc2)cc1. The predicted molar refractivity (Wildman–Crippen MR) is 109 cm³/mol. The van der Waals surface area contributed by atoms with Crippen LogP contribution in [0.25, 0.3) is 0 Å². The number of hydrogen-bond acceptors (Lipinski definition) is 0. The van der Waals surface area contributed by atoms with E-state index in [1.54, 1.807) is 0 Å². The average Bonchev–Trinajstić information content (AvgIpc) is 2.51. The molecule has 0 aliphatic heterocycles. The minimum Gasteiger partial charge on any atom is -0.153 e. The Kier molecular flexibility index (Phi) is 11.0. The van der Waals surface area contributed by atoms with Gasteiger partial charge >= 0.3 is 0 Å². The molecule has 0 radical (unpaired) electrons. The first-order valence-electron chi connectivity index (χ1n) is 6.48. The fourth-order valence-electron chi connectivity index (χ4n) is 2.31. The van der Waals surface area contributed by atoms with Gasteiger partial charge in [0, 0.05) is 20.4 Å². The normalized spacial score (nSPS) is 9.14. The van der Waals surface area contributed by atoms with Gasteiger partial charge in [0.2, 0.25) is 0 Å². The van der Waals surface area contributed by atoms with Gasteiger partial charge < -0.3 is 0 Å². The maximum Gasteiger partial charge on any atom is 0.102 e. The molecular weight excluding hydrogens is 416 g/mol. The summed E-state index contributed by atoms with van der Waals surface area (Å²) in [7, 11) is -0.877. The van der Waals surface area contributed by atoms with Crippen LogP contribution in [-0.4, -0.2) is 0 Å². The van der Waals surface area contributed by atoms with E-state index in [4.69, 9.17) is 0 Å². The third-order valence-electron chi connectivity index (χ3n) is 3.19. The summed E-state index contributed by atoms with van der Waals surface area (Å²) in [5.41, 5.74) is 0. The van der Waals surface area contributed by atoms with Crippen LogP contribution in [0.3, 0.4) is 0 Å². The molecule has 0 N–H and O–H groups in total. The van der Waals surface area contributed by atoms with Crippen LogP contribution >= 0.6 is 27.7 Å². The molecule has 3 aromatic carbocycles. The van der Waals surface area contributed by atoms with Crippen LogP contribution in [0.4, 0.5) is 0 Å². The van der Waals surface area contributed by atoms with Gasteiger partial charge in [-0.25, -0.2) is 0 Å². The Hall–Kier alpha value is -0.388. The second-order valence-corrected chi connectivity index (χ2v) is 6.96. The van der Waals surface area contributed by atoms with E-state index in [0.29, 0.717) is 0 Å². The molecule has 0 spiro atoms. The van der Waals surface area contributed by atoms with E-state index in [0.717, 1.165) is 0 Å². The minimum atomic E-state index is -0.877. The van der Waals surface area contributed by atoms with Crippen LogP contribution in [0.1, 0.15) is 0 Å². The third kappa shape index (κ3) is 5.36. The zero-order valence-corrected chi connectivity index (χ0v) is 17.8. The monoisotopic (exact) mass is 437 g/mol. The number of benzene rings is 3. The summed E-state index contributed by atoms with van der Waals surface area (Å²) in [6.45, 7) is 0. The number of rotatable bonds is 3. The van der Waals surface area contributed by atoms with Crippen molar-refractivity contribution in [3.8, 4) is 0 Å². The standard InChI is InChI=1S/C18H15P.2H3P.Pd/c1-4-10-16(11-5-1)19(17-12-6-2-7-13-17)18-14-8-3-9-15-18;;;/h1-15H;2*1H3;/p+1. The molecule has 0 nitrogen and oxygen atoms in total. The Morgan fingerprint density at radius 2 is 0.636 bits per heavy atom. The second-order valence-electron chi connectivity index (χ2n) is 4.47. The first kappa shape index (κ1) is 21.6. The molecule has 3 rings (SSSR count). The van der Waals surface area contributed by atoms with Crippen LogP contribution < -0.4 is 15.9 Å². The summed E-state index contributed by atoms with van der Waals surface area (Å²) in [6.07, 6.45) is 0. The van der Waals surface area contributed by atoms with Gasteiger partial charge in [-0.3, -0.25) is 0 Å². The van der Waals surface area contributed by atoms with Gasteiger partial charge in [-0.15, -0.1) is 0 Å². The fraction of sp³-hybridized carbons (Fsp3) is 0. The van der Waals surface area contributed by atoms with E-state index in [1.165, 1.54) is 15.9 Å². The van der Waals surface area contributed by atoms with Gasteiger partial charge in [0.1, 0.15) is 15.9 Å². The maximum absolute atomic E-state index is 2.24. The van der Waals surface area contributed by atoms with Crippen LogP contribution in [0.5, 0.6) is 0 Å². The van der Waals surface area contributed by atoms with Crippen LogP contribution in [0.15, 0.2) is 91.0 Å². The van der Waals surface area contributed by atoms with Crippen molar-refractivity contribution < 1.29 is 20.4 Å². The van der Waals surface area contributed by atoms with Gasteiger partial charge in [-0.1, -0.05) is 54.6 Å². The molecule has 0 aliphatic carbocycles. The van der Waals surface area contributed by atoms with Gasteiger partial charge in [0.15, 0.2) is 0 Å². The maximum atomic E-state index is 2.24. The first-order chi connectivity index (χ1) is 9.45. The average molecular weight is 438 g/mol. The van der Waals surface area contributed by atoms with Crippen LogP contribution in [-0.2, 0) is 20.4 Å². The van der Waals surface area contributed by atoms with E-state index in [-0.39, 0.29) is 40.2 Å². The summed E-state index contributed by atoms with van der Waals surface area (Å²) >= 11 is 0. The van der Waals surface area contributed by atoms with Crippen molar-refractivity contribution in [3.05, 3.63) is 91.0 Å². The molecule has 3 aromatic rings. The summed E-state index contributed by atoms with van der Waals surface area (Å²) in [6, 6.07) is 32.5. The Morgan fingerprint density at radius 1 is 0.409 bits per heavy atom.